The van der Waals surface area contributed by atoms with Gasteiger partial charge in [0.15, 0.2) is 0 Å². The minimum atomic E-state index is 0. The van der Waals surface area contributed by atoms with Crippen LogP contribution in [0.25, 0.3) is 0 Å². The molecule has 0 atom stereocenters. The Hall–Kier alpha value is 3.21. The van der Waals surface area contributed by atoms with Crippen LogP contribution in [0.4, 0.5) is 0 Å². The fourth-order valence-electron chi connectivity index (χ4n) is 0. The van der Waals surface area contributed by atoms with Crippen LogP contribution in [0.3, 0.4) is 0 Å². The van der Waals surface area contributed by atoms with Gasteiger partial charge in [0.1, 0.15) is 0 Å². The largest absolute Gasteiger partial charge is 2.00 e. The van der Waals surface area contributed by atoms with Gasteiger partial charge in [-0.25, -0.2) is 0 Å². The van der Waals surface area contributed by atoms with Crippen LogP contribution < -0.4 is 0 Å². The quantitative estimate of drug-likeness (QED) is 0.537. The van der Waals surface area contributed by atoms with E-state index >= 15 is 0 Å². The summed E-state index contributed by atoms with van der Waals surface area (Å²) in [5.74, 6) is 0. The second kappa shape index (κ2) is 16.4. The van der Waals surface area contributed by atoms with Crippen LogP contribution in [0.15, 0.2) is 0 Å². The Kier molecular flexibility index (Phi) is 110. The third kappa shape index (κ3) is 8.96. The van der Waals surface area contributed by atoms with Gasteiger partial charge < -0.3 is 5.48 Å². The Balaban J connectivity index is 0. The van der Waals surface area contributed by atoms with Gasteiger partial charge in [-0.15, -0.1) is 0 Å². The van der Waals surface area contributed by atoms with Crippen molar-refractivity contribution in [1.82, 2.24) is 0 Å². The maximum Gasteiger partial charge on any atom is 2.00 e. The summed E-state index contributed by atoms with van der Waals surface area (Å²) in [5.41, 5.74) is 0. The van der Waals surface area contributed by atoms with Crippen LogP contribution in [-0.4, -0.2) is 0 Å². The fraction of sp³-hybridized carbons (Fsp3) is 0. The Bertz CT molecular complexity index is 8.00. The summed E-state index contributed by atoms with van der Waals surface area (Å²) in [6.07, 6.45) is 0. The van der Waals surface area contributed by atoms with E-state index in [9.17, 15) is 0 Å². The van der Waals surface area contributed by atoms with E-state index in [0.717, 1.165) is 0 Å². The molecule has 1 radical (unpaired) electrons. The normalized spacial score (nSPS) is 0. The van der Waals surface area contributed by atoms with Crippen molar-refractivity contribution >= 4 is 0 Å². The number of rotatable bonds is 0. The SMILES string of the molecule is [Ce].[Cu+2].[Nd].[O-2]. The van der Waals surface area contributed by atoms with Crippen molar-refractivity contribution in [2.24, 2.45) is 0 Å². The van der Waals surface area contributed by atoms with Gasteiger partial charge in [0, 0.05) is 82.6 Å². The van der Waals surface area contributed by atoms with E-state index in [1.54, 1.807) is 0 Å². The molecule has 0 aromatic rings. The molecule has 4 heavy (non-hydrogen) atoms. The van der Waals surface area contributed by atoms with E-state index < -0.39 is 0 Å². The van der Waals surface area contributed by atoms with Gasteiger partial charge in [0.05, 0.1) is 0 Å². The third-order valence-electron chi connectivity index (χ3n) is 0. The minimum Gasteiger partial charge on any atom is -2.00 e. The number of hydrogen-bond acceptors (Lipinski definition) is 0. The van der Waals surface area contributed by atoms with E-state index in [2.05, 4.69) is 0 Å². The number of hydrogen-bond donors (Lipinski definition) is 0. The summed E-state index contributed by atoms with van der Waals surface area (Å²) in [6, 6.07) is 0. The summed E-state index contributed by atoms with van der Waals surface area (Å²) >= 11 is 0. The van der Waals surface area contributed by atoms with E-state index in [1.807, 2.05) is 0 Å². The van der Waals surface area contributed by atoms with Crippen LogP contribution >= 0.6 is 0 Å². The van der Waals surface area contributed by atoms with Crippen LogP contribution in [0, 0.1) is 82.6 Å². The van der Waals surface area contributed by atoms with Crippen LogP contribution in [0.5, 0.6) is 0 Å². The predicted molar refractivity (Wildman–Crippen MR) is 0.686 cm³/mol. The maximum atomic E-state index is 0. The molecule has 0 aliphatic carbocycles. The van der Waals surface area contributed by atoms with E-state index in [4.69, 9.17) is 0 Å². The van der Waals surface area contributed by atoms with Crippen molar-refractivity contribution in [2.45, 2.75) is 0 Å². The summed E-state index contributed by atoms with van der Waals surface area (Å²) in [5, 5.41) is 0. The van der Waals surface area contributed by atoms with Crippen molar-refractivity contribution in [3.63, 3.8) is 0 Å². The van der Waals surface area contributed by atoms with Crippen molar-refractivity contribution in [1.29, 1.82) is 0 Å². The molecule has 4 heteroatoms. The Labute approximate surface area is 102 Å². The molecule has 0 aromatic carbocycles. The molecule has 0 spiro atoms. The molecular formula is CeCuNdO. The molecule has 0 rings (SSSR count). The molecule has 0 aliphatic rings. The standard InChI is InChI=1S/Ce.Cu.Nd.O/q;+2;;-2. The van der Waals surface area contributed by atoms with Crippen molar-refractivity contribution in [3.05, 3.63) is 0 Å². The molecule has 0 fully saturated rings. The molecule has 0 bridgehead atoms. The summed E-state index contributed by atoms with van der Waals surface area (Å²) in [7, 11) is 0. The predicted octanol–water partition coefficient (Wildman–Crippen LogP) is -0.121. The first-order chi connectivity index (χ1) is 0. The van der Waals surface area contributed by atoms with Gasteiger partial charge in [0.25, 0.3) is 0 Å². The van der Waals surface area contributed by atoms with E-state index in [0.29, 0.717) is 0 Å². The second-order valence-corrected chi connectivity index (χ2v) is 0. The van der Waals surface area contributed by atoms with Gasteiger partial charge in [-0.2, -0.15) is 0 Å². The zero-order chi connectivity index (χ0) is 0. The van der Waals surface area contributed by atoms with Crippen molar-refractivity contribution < 1.29 is 105 Å². The monoisotopic (exact) mass is 361 g/mol. The molecule has 0 N–H and O–H groups in total. The summed E-state index contributed by atoms with van der Waals surface area (Å²) in [6.45, 7) is 0. The summed E-state index contributed by atoms with van der Waals surface area (Å²) < 4.78 is 0. The average Bonchev–Trinajstić information content (AvgIpc) is 0. The fourth-order valence-corrected chi connectivity index (χ4v) is 0. The molecule has 25 valence electrons. The minimum absolute atomic E-state index is 0. The third-order valence-corrected chi connectivity index (χ3v) is 0. The zero-order valence-corrected chi connectivity index (χ0v) is 9.00. The molecule has 0 unspecified atom stereocenters. The van der Waals surface area contributed by atoms with Gasteiger partial charge >= 0.3 is 17.1 Å². The van der Waals surface area contributed by atoms with Crippen molar-refractivity contribution in [3.8, 4) is 0 Å². The molecule has 0 heterocycles. The molecule has 0 amide bonds. The topological polar surface area (TPSA) is 28.5 Å². The first-order valence-electron chi connectivity index (χ1n) is 0. The first kappa shape index (κ1) is 27.0. The van der Waals surface area contributed by atoms with Gasteiger partial charge in [0.2, 0.25) is 0 Å². The zero-order valence-electron chi connectivity index (χ0n) is 1.71. The second-order valence-electron chi connectivity index (χ2n) is 0. The maximum absolute atomic E-state index is 0. The Morgan fingerprint density at radius 2 is 1.00 bits per heavy atom. The molecule has 0 aromatic heterocycles. The van der Waals surface area contributed by atoms with E-state index in [1.165, 1.54) is 0 Å². The van der Waals surface area contributed by atoms with Gasteiger partial charge in [-0.1, -0.05) is 0 Å². The van der Waals surface area contributed by atoms with E-state index in [-0.39, 0.29) is 105 Å². The molecule has 0 saturated heterocycles. The molecule has 1 nitrogen and oxygen atoms in total. The van der Waals surface area contributed by atoms with Crippen molar-refractivity contribution in [2.75, 3.05) is 0 Å². The molecule has 0 aliphatic heterocycles. The Morgan fingerprint density at radius 3 is 1.00 bits per heavy atom. The first-order valence-corrected chi connectivity index (χ1v) is 0. The van der Waals surface area contributed by atoms with Crippen LogP contribution in [-0.2, 0) is 22.5 Å². The smallest absolute Gasteiger partial charge is 2.00 e. The van der Waals surface area contributed by atoms with Gasteiger partial charge in [-0.3, -0.25) is 0 Å². The molecule has 0 saturated carbocycles. The average molecular weight is 364 g/mol. The molecular weight excluding hydrogens is 364 g/mol. The Morgan fingerprint density at radius 1 is 1.00 bits per heavy atom. The van der Waals surface area contributed by atoms with Gasteiger partial charge in [-0.05, 0) is 0 Å². The van der Waals surface area contributed by atoms with Crippen LogP contribution in [0.1, 0.15) is 0 Å². The summed E-state index contributed by atoms with van der Waals surface area (Å²) in [4.78, 5) is 0. The van der Waals surface area contributed by atoms with Crippen LogP contribution in [0.2, 0.25) is 0 Å².